The average molecular weight is 173 g/mol. The van der Waals surface area contributed by atoms with E-state index in [4.69, 9.17) is 11.6 Å². The minimum atomic E-state index is 0.358. The first-order valence-corrected chi connectivity index (χ1v) is 4.97. The summed E-state index contributed by atoms with van der Waals surface area (Å²) in [5.41, 5.74) is 0. The molecule has 2 heteroatoms. The van der Waals surface area contributed by atoms with Crippen molar-refractivity contribution in [2.45, 2.75) is 10.6 Å². The largest absolute Gasteiger partial charge is 0.152 e. The summed E-state index contributed by atoms with van der Waals surface area (Å²) in [4.78, 5) is 0. The number of thioether (sulfide) groups is 1. The first kappa shape index (κ1) is 6.81. The van der Waals surface area contributed by atoms with Crippen LogP contribution >= 0.6 is 23.4 Å². The topological polar surface area (TPSA) is 0 Å². The highest BCUT2D eigenvalue weighted by Gasteiger charge is 2.32. The highest BCUT2D eigenvalue weighted by molar-refractivity contribution is 8.00. The summed E-state index contributed by atoms with van der Waals surface area (Å²) >= 11 is 8.04. The highest BCUT2D eigenvalue weighted by atomic mass is 35.5. The van der Waals surface area contributed by atoms with Gasteiger partial charge in [0, 0.05) is 16.9 Å². The molecule has 0 radical (unpaired) electrons. The van der Waals surface area contributed by atoms with Crippen LogP contribution in [0.4, 0.5) is 0 Å². The van der Waals surface area contributed by atoms with Crippen molar-refractivity contribution in [1.29, 1.82) is 0 Å². The van der Waals surface area contributed by atoms with Gasteiger partial charge >= 0.3 is 0 Å². The molecule has 54 valence electrons. The summed E-state index contributed by atoms with van der Waals surface area (Å²) in [6.45, 7) is 0. The lowest BCUT2D eigenvalue weighted by Gasteiger charge is -2.15. The Balaban J connectivity index is 2.19. The minimum absolute atomic E-state index is 0.358. The van der Waals surface area contributed by atoms with Gasteiger partial charge in [0.05, 0.1) is 5.38 Å². The van der Waals surface area contributed by atoms with Crippen molar-refractivity contribution in [3.8, 4) is 0 Å². The van der Waals surface area contributed by atoms with E-state index in [1.165, 1.54) is 0 Å². The molecule has 2 aliphatic rings. The Kier molecular flexibility index (Phi) is 1.79. The zero-order valence-electron chi connectivity index (χ0n) is 5.53. The summed E-state index contributed by atoms with van der Waals surface area (Å²) in [7, 11) is 0. The Morgan fingerprint density at radius 1 is 1.30 bits per heavy atom. The van der Waals surface area contributed by atoms with Gasteiger partial charge in [-0.3, -0.25) is 0 Å². The molecule has 0 saturated carbocycles. The third-order valence-corrected chi connectivity index (χ3v) is 4.03. The van der Waals surface area contributed by atoms with E-state index in [0.717, 1.165) is 5.75 Å². The number of fused-ring (bicyclic) bond motifs is 1. The van der Waals surface area contributed by atoms with Crippen LogP contribution in [-0.2, 0) is 0 Å². The van der Waals surface area contributed by atoms with Crippen LogP contribution in [0, 0.1) is 5.92 Å². The average Bonchev–Trinajstić information content (AvgIpc) is 2.34. The van der Waals surface area contributed by atoms with Crippen LogP contribution in [0.5, 0.6) is 0 Å². The number of allylic oxidation sites excluding steroid dienone is 3. The van der Waals surface area contributed by atoms with Gasteiger partial charge in [0.15, 0.2) is 0 Å². The third-order valence-electron chi connectivity index (χ3n) is 1.99. The number of halogens is 1. The van der Waals surface area contributed by atoms with Crippen LogP contribution < -0.4 is 0 Å². The van der Waals surface area contributed by atoms with Crippen molar-refractivity contribution in [1.82, 2.24) is 0 Å². The minimum Gasteiger partial charge on any atom is -0.152 e. The predicted molar refractivity (Wildman–Crippen MR) is 47.7 cm³/mol. The molecule has 0 aromatic rings. The van der Waals surface area contributed by atoms with Crippen molar-refractivity contribution in [3.05, 3.63) is 24.3 Å². The Labute approximate surface area is 70.3 Å². The zero-order valence-corrected chi connectivity index (χ0v) is 7.11. The van der Waals surface area contributed by atoms with Crippen LogP contribution in [-0.4, -0.2) is 16.4 Å². The molecule has 0 N–H and O–H groups in total. The second kappa shape index (κ2) is 2.63. The highest BCUT2D eigenvalue weighted by Crippen LogP contribution is 2.38. The van der Waals surface area contributed by atoms with Gasteiger partial charge < -0.3 is 0 Å². The first-order chi connectivity index (χ1) is 4.88. The lowest BCUT2D eigenvalue weighted by Crippen LogP contribution is -2.16. The van der Waals surface area contributed by atoms with E-state index in [-0.39, 0.29) is 0 Å². The Bertz CT molecular complexity index is 186. The lowest BCUT2D eigenvalue weighted by molar-refractivity contribution is 0.691. The van der Waals surface area contributed by atoms with Crippen LogP contribution in [0.1, 0.15) is 0 Å². The fourth-order valence-corrected chi connectivity index (χ4v) is 3.29. The first-order valence-electron chi connectivity index (χ1n) is 3.48. The standard InChI is InChI=1S/C8H9ClS/c9-7-5-10-8-4-2-1-3-6(7)8/h1-4,6-8H,5H2. The van der Waals surface area contributed by atoms with Gasteiger partial charge in [-0.2, -0.15) is 11.8 Å². The van der Waals surface area contributed by atoms with Crippen molar-refractivity contribution in [2.24, 2.45) is 5.92 Å². The van der Waals surface area contributed by atoms with Crippen LogP contribution in [0.25, 0.3) is 0 Å². The molecule has 3 unspecified atom stereocenters. The maximum atomic E-state index is 6.08. The van der Waals surface area contributed by atoms with Crippen LogP contribution in [0.15, 0.2) is 24.3 Å². The molecule has 0 aromatic heterocycles. The van der Waals surface area contributed by atoms with E-state index in [0.29, 0.717) is 16.5 Å². The van der Waals surface area contributed by atoms with Crippen LogP contribution in [0.2, 0.25) is 0 Å². The molecule has 3 atom stereocenters. The molecule has 0 bridgehead atoms. The van der Waals surface area contributed by atoms with Gasteiger partial charge in [0.25, 0.3) is 0 Å². The lowest BCUT2D eigenvalue weighted by atomic mass is 9.98. The molecule has 1 aliphatic carbocycles. The molecular weight excluding hydrogens is 164 g/mol. The van der Waals surface area contributed by atoms with E-state index >= 15 is 0 Å². The van der Waals surface area contributed by atoms with Gasteiger partial charge in [-0.15, -0.1) is 11.6 Å². The number of hydrogen-bond donors (Lipinski definition) is 0. The molecule has 0 spiro atoms. The zero-order chi connectivity index (χ0) is 6.97. The normalized spacial score (nSPS) is 43.9. The second-order valence-corrected chi connectivity index (χ2v) is 4.43. The molecule has 0 amide bonds. The number of hydrogen-bond acceptors (Lipinski definition) is 1. The fourth-order valence-electron chi connectivity index (χ4n) is 1.41. The molecule has 1 aliphatic heterocycles. The Morgan fingerprint density at radius 2 is 2.10 bits per heavy atom. The Morgan fingerprint density at radius 3 is 2.90 bits per heavy atom. The van der Waals surface area contributed by atoms with E-state index < -0.39 is 0 Å². The number of rotatable bonds is 0. The van der Waals surface area contributed by atoms with E-state index in [2.05, 4.69) is 24.3 Å². The molecule has 0 aromatic carbocycles. The molecule has 1 saturated heterocycles. The monoisotopic (exact) mass is 172 g/mol. The van der Waals surface area contributed by atoms with Gasteiger partial charge in [-0.05, 0) is 0 Å². The third kappa shape index (κ3) is 1.02. The maximum Gasteiger partial charge on any atom is 0.0503 e. The molecule has 1 heterocycles. The summed E-state index contributed by atoms with van der Waals surface area (Å²) in [5.74, 6) is 1.70. The quantitative estimate of drug-likeness (QED) is 0.506. The summed E-state index contributed by atoms with van der Waals surface area (Å²) in [5, 5.41) is 1.02. The molecule has 10 heavy (non-hydrogen) atoms. The van der Waals surface area contributed by atoms with Gasteiger partial charge in [-0.25, -0.2) is 0 Å². The molecular formula is C8H9ClS. The number of alkyl halides is 1. The smallest absolute Gasteiger partial charge is 0.0503 e. The second-order valence-electron chi connectivity index (χ2n) is 2.66. The molecule has 0 nitrogen and oxygen atoms in total. The van der Waals surface area contributed by atoms with Gasteiger partial charge in [-0.1, -0.05) is 24.3 Å². The summed E-state index contributed by atoms with van der Waals surface area (Å²) < 4.78 is 0. The van der Waals surface area contributed by atoms with E-state index in [1.54, 1.807) is 0 Å². The fraction of sp³-hybridized carbons (Fsp3) is 0.500. The summed E-state index contributed by atoms with van der Waals surface area (Å²) in [6.07, 6.45) is 8.69. The van der Waals surface area contributed by atoms with Gasteiger partial charge in [0.1, 0.15) is 0 Å². The molecule has 1 fully saturated rings. The van der Waals surface area contributed by atoms with Gasteiger partial charge in [0.2, 0.25) is 0 Å². The SMILES string of the molecule is ClC1CSC2C=CC=CC12. The predicted octanol–water partition coefficient (Wildman–Crippen LogP) is 2.45. The van der Waals surface area contributed by atoms with Crippen molar-refractivity contribution in [3.63, 3.8) is 0 Å². The summed E-state index contributed by atoms with van der Waals surface area (Å²) in [6, 6.07) is 0. The van der Waals surface area contributed by atoms with Crippen LogP contribution in [0.3, 0.4) is 0 Å². The molecule has 2 rings (SSSR count). The van der Waals surface area contributed by atoms with E-state index in [9.17, 15) is 0 Å². The van der Waals surface area contributed by atoms with E-state index in [1.807, 2.05) is 11.8 Å². The van der Waals surface area contributed by atoms with Crippen molar-refractivity contribution < 1.29 is 0 Å². The maximum absolute atomic E-state index is 6.08. The Hall–Kier alpha value is 0.120. The van der Waals surface area contributed by atoms with Crippen molar-refractivity contribution in [2.75, 3.05) is 5.75 Å². The van der Waals surface area contributed by atoms with Crippen molar-refractivity contribution >= 4 is 23.4 Å².